The van der Waals surface area contributed by atoms with Gasteiger partial charge in [-0.1, -0.05) is 36.4 Å². The van der Waals surface area contributed by atoms with Crippen molar-refractivity contribution < 1.29 is 14.4 Å². The van der Waals surface area contributed by atoms with Gasteiger partial charge in [-0.15, -0.1) is 0 Å². The van der Waals surface area contributed by atoms with Crippen molar-refractivity contribution in [3.05, 3.63) is 70.8 Å². The average Bonchev–Trinajstić information content (AvgIpc) is 3.22. The molecule has 0 radical (unpaired) electrons. The Balaban J connectivity index is 1.29. The van der Waals surface area contributed by atoms with Gasteiger partial charge in [-0.2, -0.15) is 0 Å². The molecule has 2 aromatic carbocycles. The van der Waals surface area contributed by atoms with Crippen molar-refractivity contribution in [2.45, 2.75) is 52.1 Å². The molecule has 2 aliphatic rings. The summed E-state index contributed by atoms with van der Waals surface area (Å²) < 4.78 is 0. The van der Waals surface area contributed by atoms with Crippen LogP contribution in [0.2, 0.25) is 0 Å². The number of carbonyl (C=O) groups is 3. The minimum absolute atomic E-state index is 0.0390. The summed E-state index contributed by atoms with van der Waals surface area (Å²) in [7, 11) is 0. The summed E-state index contributed by atoms with van der Waals surface area (Å²) in [4.78, 5) is 42.1. The molecule has 0 aliphatic carbocycles. The predicted octanol–water partition coefficient (Wildman–Crippen LogP) is 3.63. The molecule has 6 heteroatoms. The van der Waals surface area contributed by atoms with Gasteiger partial charge in [0.25, 0.3) is 5.91 Å². The van der Waals surface area contributed by atoms with Gasteiger partial charge in [0, 0.05) is 37.7 Å². The van der Waals surface area contributed by atoms with Crippen molar-refractivity contribution in [3.8, 4) is 0 Å². The summed E-state index contributed by atoms with van der Waals surface area (Å²) in [5.74, 6) is -0.245. The number of nitrogens with one attached hydrogen (secondary N) is 1. The lowest BCUT2D eigenvalue weighted by Crippen LogP contribution is -2.48. The highest BCUT2D eigenvalue weighted by atomic mass is 16.2. The van der Waals surface area contributed by atoms with E-state index in [9.17, 15) is 14.4 Å². The number of aryl methyl sites for hydroxylation is 2. The average molecular weight is 448 g/mol. The molecule has 1 N–H and O–H groups in total. The van der Waals surface area contributed by atoms with Gasteiger partial charge in [-0.25, -0.2) is 0 Å². The summed E-state index contributed by atoms with van der Waals surface area (Å²) in [5.41, 5.74) is 4.03. The Morgan fingerprint density at radius 1 is 1.00 bits per heavy atom. The quantitative estimate of drug-likeness (QED) is 0.761. The van der Waals surface area contributed by atoms with Crippen LogP contribution in [-0.2, 0) is 9.59 Å². The van der Waals surface area contributed by atoms with Crippen LogP contribution in [0.15, 0.2) is 48.5 Å². The van der Waals surface area contributed by atoms with Gasteiger partial charge in [-0.05, 0) is 62.4 Å². The fraction of sp³-hybridized carbons (Fsp3) is 0.444. The largest absolute Gasteiger partial charge is 0.349 e. The molecule has 2 fully saturated rings. The molecule has 2 heterocycles. The van der Waals surface area contributed by atoms with Crippen LogP contribution in [0.4, 0.5) is 0 Å². The first-order chi connectivity index (χ1) is 15.8. The van der Waals surface area contributed by atoms with Crippen LogP contribution in [0.3, 0.4) is 0 Å². The second-order valence-electron chi connectivity index (χ2n) is 9.41. The minimum Gasteiger partial charge on any atom is -0.349 e. The molecule has 2 unspecified atom stereocenters. The topological polar surface area (TPSA) is 69.7 Å². The lowest BCUT2D eigenvalue weighted by molar-refractivity contribution is -0.136. The van der Waals surface area contributed by atoms with Crippen molar-refractivity contribution in [2.75, 3.05) is 19.6 Å². The molecule has 0 saturated carbocycles. The van der Waals surface area contributed by atoms with Crippen LogP contribution >= 0.6 is 0 Å². The maximum absolute atomic E-state index is 13.1. The summed E-state index contributed by atoms with van der Waals surface area (Å²) in [5, 5.41) is 3.12. The number of benzene rings is 2. The van der Waals surface area contributed by atoms with E-state index in [1.54, 1.807) is 0 Å². The first-order valence-electron chi connectivity index (χ1n) is 11.8. The van der Waals surface area contributed by atoms with Gasteiger partial charge in [0.15, 0.2) is 0 Å². The van der Waals surface area contributed by atoms with Crippen molar-refractivity contribution in [2.24, 2.45) is 5.92 Å². The Kier molecular flexibility index (Phi) is 6.82. The van der Waals surface area contributed by atoms with Gasteiger partial charge in [0.05, 0.1) is 12.0 Å². The molecule has 2 aromatic rings. The van der Waals surface area contributed by atoms with E-state index in [4.69, 9.17) is 0 Å². The maximum atomic E-state index is 13.1. The second-order valence-corrected chi connectivity index (χ2v) is 9.41. The number of hydrogen-bond donors (Lipinski definition) is 1. The number of rotatable bonds is 5. The summed E-state index contributed by atoms with van der Waals surface area (Å²) in [6.45, 7) is 7.74. The Morgan fingerprint density at radius 3 is 2.36 bits per heavy atom. The first kappa shape index (κ1) is 23.0. The predicted molar refractivity (Wildman–Crippen MR) is 128 cm³/mol. The molecule has 6 nitrogen and oxygen atoms in total. The van der Waals surface area contributed by atoms with E-state index in [0.29, 0.717) is 25.2 Å². The van der Waals surface area contributed by atoms with E-state index < -0.39 is 0 Å². The van der Waals surface area contributed by atoms with Crippen molar-refractivity contribution >= 4 is 17.7 Å². The Labute approximate surface area is 196 Å². The zero-order valence-electron chi connectivity index (χ0n) is 19.7. The Bertz CT molecular complexity index is 1030. The summed E-state index contributed by atoms with van der Waals surface area (Å²) in [6, 6.07) is 15.7. The van der Waals surface area contributed by atoms with Crippen LogP contribution in [0.1, 0.15) is 59.3 Å². The summed E-state index contributed by atoms with van der Waals surface area (Å²) in [6.07, 6.45) is 1.74. The molecule has 3 amide bonds. The number of amides is 3. The van der Waals surface area contributed by atoms with Crippen LogP contribution in [0, 0.1) is 19.8 Å². The lowest BCUT2D eigenvalue weighted by Gasteiger charge is -2.34. The van der Waals surface area contributed by atoms with Crippen molar-refractivity contribution in [1.82, 2.24) is 15.1 Å². The first-order valence-corrected chi connectivity index (χ1v) is 11.8. The Hall–Kier alpha value is -3.15. The van der Waals surface area contributed by atoms with E-state index in [1.807, 2.05) is 79.1 Å². The highest BCUT2D eigenvalue weighted by Gasteiger charge is 2.39. The Morgan fingerprint density at radius 2 is 1.70 bits per heavy atom. The van der Waals surface area contributed by atoms with Gasteiger partial charge in [0.1, 0.15) is 0 Å². The fourth-order valence-corrected chi connectivity index (χ4v) is 4.84. The molecule has 0 bridgehead atoms. The van der Waals surface area contributed by atoms with Crippen LogP contribution in [0.25, 0.3) is 0 Å². The number of likely N-dealkylation sites (tertiary alicyclic amines) is 2. The molecule has 0 spiro atoms. The SMILES string of the molecule is Cc1ccc(C(=O)NC2CCN(C(=O)C3CC(=O)N(C(C)c4ccccc4)C3)CC2)cc1C. The zero-order chi connectivity index (χ0) is 23.5. The van der Waals surface area contributed by atoms with E-state index in [1.165, 1.54) is 5.56 Å². The van der Waals surface area contributed by atoms with Crippen LogP contribution < -0.4 is 5.32 Å². The van der Waals surface area contributed by atoms with Gasteiger partial charge < -0.3 is 15.1 Å². The normalized spacial score (nSPS) is 20.1. The van der Waals surface area contributed by atoms with Crippen molar-refractivity contribution in [1.29, 1.82) is 0 Å². The minimum atomic E-state index is -0.287. The van der Waals surface area contributed by atoms with Crippen LogP contribution in [-0.4, -0.2) is 53.2 Å². The molecule has 2 atom stereocenters. The standard InChI is InChI=1S/C27H33N3O3/c1-18-9-10-22(15-19(18)2)26(32)28-24-11-13-29(14-12-24)27(33)23-16-25(31)30(17-23)20(3)21-7-5-4-6-8-21/h4-10,15,20,23-24H,11-14,16-17H2,1-3H3,(H,28,32). The van der Waals surface area contributed by atoms with Crippen LogP contribution in [0.5, 0.6) is 0 Å². The third kappa shape index (κ3) is 5.10. The molecule has 2 saturated heterocycles. The van der Waals surface area contributed by atoms with E-state index in [0.717, 1.165) is 24.0 Å². The molecular formula is C27H33N3O3. The van der Waals surface area contributed by atoms with E-state index in [-0.39, 0.29) is 42.1 Å². The molecule has 0 aromatic heterocycles. The third-order valence-electron chi connectivity index (χ3n) is 7.17. The smallest absolute Gasteiger partial charge is 0.251 e. The van der Waals surface area contributed by atoms with Gasteiger partial charge in [0.2, 0.25) is 11.8 Å². The third-order valence-corrected chi connectivity index (χ3v) is 7.17. The zero-order valence-corrected chi connectivity index (χ0v) is 19.7. The van der Waals surface area contributed by atoms with E-state index in [2.05, 4.69) is 5.32 Å². The molecular weight excluding hydrogens is 414 g/mol. The maximum Gasteiger partial charge on any atom is 0.251 e. The second kappa shape index (κ2) is 9.77. The molecule has 174 valence electrons. The highest BCUT2D eigenvalue weighted by molar-refractivity contribution is 5.94. The number of piperidine rings is 1. The molecule has 33 heavy (non-hydrogen) atoms. The fourth-order valence-electron chi connectivity index (χ4n) is 4.84. The molecule has 2 aliphatic heterocycles. The van der Waals surface area contributed by atoms with Crippen molar-refractivity contribution in [3.63, 3.8) is 0 Å². The van der Waals surface area contributed by atoms with E-state index >= 15 is 0 Å². The van der Waals surface area contributed by atoms with Gasteiger partial charge in [-0.3, -0.25) is 14.4 Å². The molecule has 4 rings (SSSR count). The highest BCUT2D eigenvalue weighted by Crippen LogP contribution is 2.30. The monoisotopic (exact) mass is 447 g/mol. The number of carbonyl (C=O) groups excluding carboxylic acids is 3. The number of nitrogens with zero attached hydrogens (tertiary/aromatic N) is 2. The number of hydrogen-bond acceptors (Lipinski definition) is 3. The lowest BCUT2D eigenvalue weighted by atomic mass is 10.0. The summed E-state index contributed by atoms with van der Waals surface area (Å²) >= 11 is 0. The van der Waals surface area contributed by atoms with Gasteiger partial charge >= 0.3 is 0 Å².